The quantitative estimate of drug-likeness (QED) is 0.842. The van der Waals surface area contributed by atoms with Gasteiger partial charge in [-0.15, -0.1) is 0 Å². The van der Waals surface area contributed by atoms with E-state index < -0.39 is 0 Å². The number of aromatic nitrogens is 1. The summed E-state index contributed by atoms with van der Waals surface area (Å²) in [6.07, 6.45) is 3.17. The summed E-state index contributed by atoms with van der Waals surface area (Å²) in [6, 6.07) is 13.2. The second-order valence-corrected chi connectivity index (χ2v) is 4.07. The fraction of sp³-hybridized carbons (Fsp3) is 0.0769. The van der Waals surface area contributed by atoms with E-state index in [-0.39, 0.29) is 5.91 Å². The van der Waals surface area contributed by atoms with Gasteiger partial charge in [0.25, 0.3) is 5.91 Å². The van der Waals surface area contributed by atoms with E-state index in [4.69, 9.17) is 0 Å². The number of carbonyl (C=O) groups is 1. The van der Waals surface area contributed by atoms with E-state index in [1.165, 1.54) is 10.5 Å². The lowest BCUT2D eigenvalue weighted by atomic mass is 10.2. The van der Waals surface area contributed by atoms with Crippen LogP contribution in [0, 0.1) is 0 Å². The molecule has 86 valence electrons. The van der Waals surface area contributed by atoms with Crippen molar-refractivity contribution >= 4 is 18.7 Å². The Morgan fingerprint density at radius 1 is 1.18 bits per heavy atom. The predicted octanol–water partition coefficient (Wildman–Crippen LogP) is 2.57. The molecule has 1 aromatic carbocycles. The van der Waals surface area contributed by atoms with Gasteiger partial charge in [0.2, 0.25) is 0 Å². The number of thiol groups is 1. The molecule has 0 radical (unpaired) electrons. The van der Waals surface area contributed by atoms with Gasteiger partial charge >= 0.3 is 0 Å². The van der Waals surface area contributed by atoms with E-state index in [9.17, 15) is 4.79 Å². The van der Waals surface area contributed by atoms with Gasteiger partial charge < -0.3 is 0 Å². The van der Waals surface area contributed by atoms with Crippen LogP contribution in [0.15, 0.2) is 54.9 Å². The predicted molar refractivity (Wildman–Crippen MR) is 69.5 cm³/mol. The zero-order valence-electron chi connectivity index (χ0n) is 9.15. The van der Waals surface area contributed by atoms with E-state index >= 15 is 0 Å². The number of hydrogen-bond acceptors (Lipinski definition) is 3. The van der Waals surface area contributed by atoms with Gasteiger partial charge in [-0.3, -0.25) is 14.1 Å². The highest BCUT2D eigenvalue weighted by Crippen LogP contribution is 2.10. The van der Waals surface area contributed by atoms with Gasteiger partial charge in [-0.25, -0.2) is 0 Å². The molecule has 0 aliphatic carbocycles. The summed E-state index contributed by atoms with van der Waals surface area (Å²) in [7, 11) is 0. The highest BCUT2D eigenvalue weighted by atomic mass is 32.1. The highest BCUT2D eigenvalue weighted by molar-refractivity contribution is 7.78. The molecule has 4 heteroatoms. The first-order valence-electron chi connectivity index (χ1n) is 5.22. The fourth-order valence-electron chi connectivity index (χ4n) is 1.47. The van der Waals surface area contributed by atoms with Crippen LogP contribution < -0.4 is 0 Å². The molecule has 2 aromatic rings. The van der Waals surface area contributed by atoms with Gasteiger partial charge in [0, 0.05) is 12.4 Å². The molecule has 17 heavy (non-hydrogen) atoms. The summed E-state index contributed by atoms with van der Waals surface area (Å²) in [5, 5.41) is 0. The van der Waals surface area contributed by atoms with Crippen molar-refractivity contribution < 1.29 is 4.79 Å². The molecule has 0 spiro atoms. The Kier molecular flexibility index (Phi) is 3.77. The number of benzene rings is 1. The minimum atomic E-state index is -0.148. The Balaban J connectivity index is 2.06. The molecule has 0 saturated heterocycles. The molecular weight excluding hydrogens is 232 g/mol. The second-order valence-electron chi connectivity index (χ2n) is 3.59. The maximum absolute atomic E-state index is 12.0. The second kappa shape index (κ2) is 5.50. The summed E-state index contributed by atoms with van der Waals surface area (Å²) < 4.78 is 1.38. The standard InChI is InChI=1S/C13H12N2OS/c16-13(12-7-4-8-14-9-12)15(17)10-11-5-2-1-3-6-11/h1-9,17H,10H2. The monoisotopic (exact) mass is 244 g/mol. The van der Waals surface area contributed by atoms with Gasteiger partial charge in [0.15, 0.2) is 0 Å². The number of rotatable bonds is 3. The average molecular weight is 244 g/mol. The number of pyridine rings is 1. The first kappa shape index (κ1) is 11.7. The summed E-state index contributed by atoms with van der Waals surface area (Å²) in [5.41, 5.74) is 1.58. The SMILES string of the molecule is O=C(c1cccnc1)N(S)Cc1ccccc1. The van der Waals surface area contributed by atoms with Crippen molar-refractivity contribution in [3.05, 3.63) is 66.0 Å². The molecule has 0 aliphatic heterocycles. The molecular formula is C13H12N2OS. The van der Waals surface area contributed by atoms with Gasteiger partial charge in [-0.1, -0.05) is 43.1 Å². The topological polar surface area (TPSA) is 33.2 Å². The molecule has 2 rings (SSSR count). The number of amides is 1. The van der Waals surface area contributed by atoms with Gasteiger partial charge in [0.1, 0.15) is 0 Å². The third-order valence-electron chi connectivity index (χ3n) is 2.32. The lowest BCUT2D eigenvalue weighted by molar-refractivity contribution is 0.0868. The molecule has 0 unspecified atom stereocenters. The molecule has 0 saturated carbocycles. The number of hydrogen-bond donors (Lipinski definition) is 1. The van der Waals surface area contributed by atoms with E-state index in [2.05, 4.69) is 17.8 Å². The van der Waals surface area contributed by atoms with Crippen molar-refractivity contribution in [2.75, 3.05) is 0 Å². The van der Waals surface area contributed by atoms with Crippen molar-refractivity contribution in [1.82, 2.24) is 9.29 Å². The number of carbonyl (C=O) groups excluding carboxylic acids is 1. The van der Waals surface area contributed by atoms with Crippen LogP contribution in [0.3, 0.4) is 0 Å². The number of nitrogens with zero attached hydrogens (tertiary/aromatic N) is 2. The normalized spacial score (nSPS) is 9.94. The molecule has 3 nitrogen and oxygen atoms in total. The van der Waals surface area contributed by atoms with E-state index in [1.54, 1.807) is 18.3 Å². The minimum Gasteiger partial charge on any atom is -0.281 e. The van der Waals surface area contributed by atoms with Crippen molar-refractivity contribution in [3.63, 3.8) is 0 Å². The van der Waals surface area contributed by atoms with Crippen molar-refractivity contribution in [3.8, 4) is 0 Å². The van der Waals surface area contributed by atoms with Crippen molar-refractivity contribution in [2.24, 2.45) is 0 Å². The third kappa shape index (κ3) is 3.07. The van der Waals surface area contributed by atoms with E-state index in [0.717, 1.165) is 5.56 Å². The van der Waals surface area contributed by atoms with Crippen LogP contribution in [0.2, 0.25) is 0 Å². The summed E-state index contributed by atoms with van der Waals surface area (Å²) in [5.74, 6) is -0.148. The van der Waals surface area contributed by atoms with Crippen molar-refractivity contribution in [2.45, 2.75) is 6.54 Å². The smallest absolute Gasteiger partial charge is 0.265 e. The van der Waals surface area contributed by atoms with E-state index in [0.29, 0.717) is 12.1 Å². The molecule has 1 aromatic heterocycles. The summed E-state index contributed by atoms with van der Waals surface area (Å²) >= 11 is 4.20. The Labute approximate surface area is 106 Å². The van der Waals surface area contributed by atoms with Crippen LogP contribution in [0.4, 0.5) is 0 Å². The van der Waals surface area contributed by atoms with Gasteiger partial charge in [-0.2, -0.15) is 0 Å². The lowest BCUT2D eigenvalue weighted by Gasteiger charge is -2.15. The van der Waals surface area contributed by atoms with Crippen LogP contribution in [0.5, 0.6) is 0 Å². The fourth-order valence-corrected chi connectivity index (χ4v) is 1.75. The summed E-state index contributed by atoms with van der Waals surface area (Å²) in [6.45, 7) is 0.470. The average Bonchev–Trinajstić information content (AvgIpc) is 2.40. The molecule has 0 bridgehead atoms. The Bertz CT molecular complexity index is 487. The molecule has 1 heterocycles. The third-order valence-corrected chi connectivity index (χ3v) is 2.64. The molecule has 0 N–H and O–H groups in total. The van der Waals surface area contributed by atoms with Crippen LogP contribution in [0.1, 0.15) is 15.9 Å². The molecule has 0 aliphatic rings. The Hall–Kier alpha value is -1.81. The van der Waals surface area contributed by atoms with Gasteiger partial charge in [-0.05, 0) is 17.7 Å². The van der Waals surface area contributed by atoms with Crippen LogP contribution >= 0.6 is 12.8 Å². The zero-order valence-corrected chi connectivity index (χ0v) is 10.0. The van der Waals surface area contributed by atoms with Crippen molar-refractivity contribution in [1.29, 1.82) is 0 Å². The van der Waals surface area contributed by atoms with Crippen LogP contribution in [0.25, 0.3) is 0 Å². The molecule has 0 fully saturated rings. The highest BCUT2D eigenvalue weighted by Gasteiger charge is 2.12. The largest absolute Gasteiger partial charge is 0.281 e. The van der Waals surface area contributed by atoms with Crippen LogP contribution in [-0.4, -0.2) is 15.2 Å². The summed E-state index contributed by atoms with van der Waals surface area (Å²) in [4.78, 5) is 15.9. The molecule has 0 atom stereocenters. The maximum atomic E-state index is 12.0. The first-order chi connectivity index (χ1) is 8.27. The first-order valence-corrected chi connectivity index (χ1v) is 5.62. The Morgan fingerprint density at radius 2 is 1.94 bits per heavy atom. The lowest BCUT2D eigenvalue weighted by Crippen LogP contribution is -2.21. The van der Waals surface area contributed by atoms with Gasteiger partial charge in [0.05, 0.1) is 12.1 Å². The van der Waals surface area contributed by atoms with E-state index in [1.807, 2.05) is 30.3 Å². The minimum absolute atomic E-state index is 0.148. The zero-order chi connectivity index (χ0) is 12.1. The Morgan fingerprint density at radius 3 is 2.59 bits per heavy atom. The molecule has 1 amide bonds. The van der Waals surface area contributed by atoms with Crippen LogP contribution in [-0.2, 0) is 6.54 Å². The maximum Gasteiger partial charge on any atom is 0.265 e.